The van der Waals surface area contributed by atoms with E-state index in [4.69, 9.17) is 4.84 Å². The summed E-state index contributed by atoms with van der Waals surface area (Å²) >= 11 is 1.73. The Hall–Kier alpha value is -3.26. The van der Waals surface area contributed by atoms with Crippen LogP contribution in [0.15, 0.2) is 53.0 Å². The number of thiophene rings is 1. The third-order valence-electron chi connectivity index (χ3n) is 4.59. The van der Waals surface area contributed by atoms with Crippen molar-refractivity contribution in [2.45, 2.75) is 26.8 Å². The molecule has 0 radical (unpaired) electrons. The molecule has 0 spiro atoms. The summed E-state index contributed by atoms with van der Waals surface area (Å²) in [6, 6.07) is 12.0. The number of aromatic nitrogens is 1. The molecule has 7 nitrogen and oxygen atoms in total. The highest BCUT2D eigenvalue weighted by molar-refractivity contribution is 7.09. The molecule has 0 atom stereocenters. The van der Waals surface area contributed by atoms with Gasteiger partial charge in [-0.05, 0) is 37.8 Å². The van der Waals surface area contributed by atoms with Crippen LogP contribution in [0.2, 0.25) is 0 Å². The number of Topliss-reactive ketones (excluding diaryl/α,β-unsaturated/α-hetero) is 1. The molecule has 0 N–H and O–H groups in total. The minimum atomic E-state index is -0.476. The molecule has 2 heterocycles. The van der Waals surface area contributed by atoms with E-state index in [9.17, 15) is 14.9 Å². The zero-order valence-corrected chi connectivity index (χ0v) is 17.0. The van der Waals surface area contributed by atoms with E-state index in [1.165, 1.54) is 23.2 Å². The van der Waals surface area contributed by atoms with Crippen molar-refractivity contribution >= 4 is 29.0 Å². The lowest BCUT2D eigenvalue weighted by atomic mass is 10.1. The smallest absolute Gasteiger partial charge is 0.270 e. The van der Waals surface area contributed by atoms with Crippen LogP contribution in [0.4, 0.5) is 5.69 Å². The monoisotopic (exact) mass is 411 g/mol. The van der Waals surface area contributed by atoms with E-state index in [1.807, 2.05) is 26.0 Å². The van der Waals surface area contributed by atoms with Crippen LogP contribution in [-0.2, 0) is 17.8 Å². The van der Waals surface area contributed by atoms with Crippen molar-refractivity contribution in [2.24, 2.45) is 5.16 Å². The number of aryl methyl sites for hydroxylation is 2. The van der Waals surface area contributed by atoms with E-state index >= 15 is 0 Å². The Labute approximate surface area is 172 Å². The van der Waals surface area contributed by atoms with Gasteiger partial charge in [0.2, 0.25) is 5.78 Å². The summed E-state index contributed by atoms with van der Waals surface area (Å²) in [6.45, 7) is 4.54. The van der Waals surface area contributed by atoms with Gasteiger partial charge in [0.05, 0.1) is 11.1 Å². The quantitative estimate of drug-likeness (QED) is 0.224. The third kappa shape index (κ3) is 5.17. The lowest BCUT2D eigenvalue weighted by molar-refractivity contribution is -0.384. The molecule has 0 aliphatic carbocycles. The molecule has 3 aromatic rings. The van der Waals surface area contributed by atoms with E-state index < -0.39 is 4.92 Å². The van der Waals surface area contributed by atoms with E-state index in [0.29, 0.717) is 11.1 Å². The summed E-state index contributed by atoms with van der Waals surface area (Å²) in [4.78, 5) is 29.3. The van der Waals surface area contributed by atoms with Crippen molar-refractivity contribution in [2.75, 3.05) is 6.61 Å². The van der Waals surface area contributed by atoms with Gasteiger partial charge < -0.3 is 9.40 Å². The molecule has 29 heavy (non-hydrogen) atoms. The van der Waals surface area contributed by atoms with Crippen LogP contribution in [0.25, 0.3) is 0 Å². The molecule has 1 aromatic carbocycles. The number of ketones is 1. The fourth-order valence-electron chi connectivity index (χ4n) is 3.09. The normalized spacial score (nSPS) is 11.1. The van der Waals surface area contributed by atoms with Crippen molar-refractivity contribution in [3.63, 3.8) is 0 Å². The zero-order valence-electron chi connectivity index (χ0n) is 16.2. The molecule has 0 fully saturated rings. The summed E-state index contributed by atoms with van der Waals surface area (Å²) < 4.78 is 2.14. The van der Waals surface area contributed by atoms with Crippen LogP contribution < -0.4 is 0 Å². The highest BCUT2D eigenvalue weighted by Gasteiger charge is 2.16. The summed E-state index contributed by atoms with van der Waals surface area (Å²) in [5.74, 6) is -0.156. The van der Waals surface area contributed by atoms with Gasteiger partial charge in [-0.3, -0.25) is 14.9 Å². The maximum Gasteiger partial charge on any atom is 0.270 e. The first-order valence-corrected chi connectivity index (χ1v) is 9.96. The first-order valence-electron chi connectivity index (χ1n) is 9.08. The lowest BCUT2D eigenvalue weighted by Gasteiger charge is -2.09. The van der Waals surface area contributed by atoms with Crippen LogP contribution in [-0.4, -0.2) is 28.1 Å². The first-order chi connectivity index (χ1) is 14.0. The van der Waals surface area contributed by atoms with Gasteiger partial charge in [-0.15, -0.1) is 11.3 Å². The molecule has 3 rings (SSSR count). The molecule has 150 valence electrons. The Balaban J connectivity index is 1.58. The van der Waals surface area contributed by atoms with Crippen molar-refractivity contribution in [3.05, 3.63) is 85.4 Å². The van der Waals surface area contributed by atoms with Crippen molar-refractivity contribution < 1.29 is 14.6 Å². The summed E-state index contributed by atoms with van der Waals surface area (Å²) in [7, 11) is 0. The predicted octanol–water partition coefficient (Wildman–Crippen LogP) is 4.55. The van der Waals surface area contributed by atoms with Crippen LogP contribution in [0.5, 0.6) is 0 Å². The zero-order chi connectivity index (χ0) is 20.8. The number of nitro groups is 1. The average molecular weight is 411 g/mol. The molecular formula is C21H21N3O4S. The molecule has 8 heteroatoms. The van der Waals surface area contributed by atoms with E-state index in [1.54, 1.807) is 23.5 Å². The second-order valence-corrected chi connectivity index (χ2v) is 7.58. The highest BCUT2D eigenvalue weighted by atomic mass is 32.1. The van der Waals surface area contributed by atoms with E-state index in [0.717, 1.165) is 24.4 Å². The minimum absolute atomic E-state index is 0.0278. The van der Waals surface area contributed by atoms with Gasteiger partial charge in [0.1, 0.15) is 0 Å². The summed E-state index contributed by atoms with van der Waals surface area (Å²) in [6.07, 6.45) is 2.27. The number of non-ortho nitro benzene ring substituents is 1. The van der Waals surface area contributed by atoms with Crippen molar-refractivity contribution in [1.82, 2.24) is 4.57 Å². The van der Waals surface area contributed by atoms with Gasteiger partial charge in [-0.1, -0.05) is 23.4 Å². The molecule has 0 saturated heterocycles. The average Bonchev–Trinajstić information content (AvgIpc) is 3.32. The Morgan fingerprint density at radius 3 is 2.83 bits per heavy atom. The van der Waals surface area contributed by atoms with Gasteiger partial charge in [0.25, 0.3) is 5.69 Å². The molecule has 0 aliphatic rings. The number of nitrogens with zero attached hydrogens (tertiary/aromatic N) is 3. The van der Waals surface area contributed by atoms with Crippen molar-refractivity contribution in [3.8, 4) is 0 Å². The van der Waals surface area contributed by atoms with Crippen molar-refractivity contribution in [1.29, 1.82) is 0 Å². The number of oxime groups is 1. The molecule has 0 aliphatic heterocycles. The van der Waals surface area contributed by atoms with E-state index in [-0.39, 0.29) is 18.1 Å². The molecule has 0 saturated carbocycles. The van der Waals surface area contributed by atoms with Gasteiger partial charge in [0.15, 0.2) is 6.61 Å². The second-order valence-electron chi connectivity index (χ2n) is 6.55. The highest BCUT2D eigenvalue weighted by Crippen LogP contribution is 2.18. The van der Waals surface area contributed by atoms with Gasteiger partial charge in [-0.2, -0.15) is 0 Å². The third-order valence-corrected chi connectivity index (χ3v) is 5.53. The fraction of sp³-hybridized carbons (Fsp3) is 0.238. The van der Waals surface area contributed by atoms with Crippen LogP contribution in [0.3, 0.4) is 0 Å². The number of carbonyl (C=O) groups is 1. The molecule has 2 aromatic heterocycles. The van der Waals surface area contributed by atoms with Gasteiger partial charge in [-0.25, -0.2) is 0 Å². The topological polar surface area (TPSA) is 86.7 Å². The van der Waals surface area contributed by atoms with Crippen LogP contribution in [0, 0.1) is 24.0 Å². The first kappa shape index (κ1) is 20.5. The number of hydrogen-bond donors (Lipinski definition) is 0. The Morgan fingerprint density at radius 2 is 2.10 bits per heavy atom. The Kier molecular flexibility index (Phi) is 6.56. The summed E-state index contributed by atoms with van der Waals surface area (Å²) in [5, 5.41) is 16.6. The van der Waals surface area contributed by atoms with Crippen LogP contribution >= 0.6 is 11.3 Å². The second kappa shape index (κ2) is 9.29. The standard InChI is InChI=1S/C21H21N3O4S/c1-15-11-20(16(2)23(15)9-8-19-7-4-10-29-19)21(25)14-28-22-13-17-5-3-6-18(12-17)24(26)27/h3-7,10-13H,8-9,14H2,1-2H3/b22-13+. The maximum absolute atomic E-state index is 12.5. The predicted molar refractivity (Wildman–Crippen MR) is 113 cm³/mol. The Morgan fingerprint density at radius 1 is 1.28 bits per heavy atom. The molecule has 0 bridgehead atoms. The van der Waals surface area contributed by atoms with Gasteiger partial charge in [0, 0.05) is 46.1 Å². The number of hydrogen-bond acceptors (Lipinski definition) is 6. The minimum Gasteiger partial charge on any atom is -0.387 e. The number of nitro benzene ring substituents is 1. The van der Waals surface area contributed by atoms with Gasteiger partial charge >= 0.3 is 0 Å². The summed E-state index contributed by atoms with van der Waals surface area (Å²) in [5.41, 5.74) is 3.07. The fourth-order valence-corrected chi connectivity index (χ4v) is 3.79. The number of benzene rings is 1. The molecule has 0 unspecified atom stereocenters. The largest absolute Gasteiger partial charge is 0.387 e. The molecular weight excluding hydrogens is 390 g/mol. The number of carbonyl (C=O) groups excluding carboxylic acids is 1. The number of rotatable bonds is 9. The SMILES string of the molecule is Cc1cc(C(=O)CO/N=C/c2cccc([N+](=O)[O-])c2)c(C)n1CCc1cccs1. The van der Waals surface area contributed by atoms with E-state index in [2.05, 4.69) is 21.2 Å². The lowest BCUT2D eigenvalue weighted by Crippen LogP contribution is -2.10. The van der Waals surface area contributed by atoms with Crippen LogP contribution in [0.1, 0.15) is 32.2 Å². The Bertz CT molecular complexity index is 1040. The maximum atomic E-state index is 12.5. The molecule has 0 amide bonds.